The quantitative estimate of drug-likeness (QED) is 0.654. The van der Waals surface area contributed by atoms with Crippen LogP contribution in [0.4, 0.5) is 0 Å². The van der Waals surface area contributed by atoms with Crippen molar-refractivity contribution < 1.29 is 15.0 Å². The van der Waals surface area contributed by atoms with Crippen LogP contribution in [0.15, 0.2) is 30.3 Å². The molecule has 96 valence electrons. The summed E-state index contributed by atoms with van der Waals surface area (Å²) in [6.07, 6.45) is 0. The number of aromatic hydroxyl groups is 1. The minimum absolute atomic E-state index is 0.000923. The Balaban J connectivity index is 2.16. The number of fused-ring (bicyclic) bond motifs is 1. The second kappa shape index (κ2) is 3.88. The molecule has 0 fully saturated rings. The minimum atomic E-state index is -1.06. The number of phenols is 1. The molecule has 6 nitrogen and oxygen atoms in total. The zero-order valence-electron chi connectivity index (χ0n) is 10.1. The standard InChI is InChI=1S/C13H11N3O3/c1-16-12(6-11(15-16)13(18)19)10-5-7-4-8(17)2-3-9(7)14-10/h2-6,14,17H,1H3,(H,18,19). The Morgan fingerprint density at radius 1 is 1.32 bits per heavy atom. The van der Waals surface area contributed by atoms with E-state index < -0.39 is 5.97 Å². The summed E-state index contributed by atoms with van der Waals surface area (Å²) >= 11 is 0. The second-order valence-electron chi connectivity index (χ2n) is 4.30. The summed E-state index contributed by atoms with van der Waals surface area (Å²) in [4.78, 5) is 14.1. The van der Waals surface area contributed by atoms with Crippen molar-refractivity contribution in [3.63, 3.8) is 0 Å². The van der Waals surface area contributed by atoms with Crippen molar-refractivity contribution in [2.45, 2.75) is 0 Å². The summed E-state index contributed by atoms with van der Waals surface area (Å²) < 4.78 is 1.51. The van der Waals surface area contributed by atoms with Gasteiger partial charge in [0.1, 0.15) is 5.75 Å². The number of nitrogens with one attached hydrogen (secondary N) is 1. The van der Waals surface area contributed by atoms with E-state index in [2.05, 4.69) is 10.1 Å². The van der Waals surface area contributed by atoms with Crippen LogP contribution in [0, 0.1) is 0 Å². The van der Waals surface area contributed by atoms with Gasteiger partial charge in [-0.25, -0.2) is 4.79 Å². The second-order valence-corrected chi connectivity index (χ2v) is 4.30. The molecule has 0 amide bonds. The van der Waals surface area contributed by atoms with Gasteiger partial charge in [0.05, 0.1) is 11.4 Å². The van der Waals surface area contributed by atoms with Gasteiger partial charge in [0.25, 0.3) is 0 Å². The molecule has 0 aliphatic carbocycles. The number of nitrogens with zero attached hydrogens (tertiary/aromatic N) is 2. The van der Waals surface area contributed by atoms with Gasteiger partial charge in [-0.2, -0.15) is 5.10 Å². The van der Waals surface area contributed by atoms with E-state index in [1.807, 2.05) is 6.07 Å². The van der Waals surface area contributed by atoms with E-state index in [4.69, 9.17) is 5.11 Å². The highest BCUT2D eigenvalue weighted by Gasteiger charge is 2.14. The topological polar surface area (TPSA) is 91.1 Å². The molecule has 0 bridgehead atoms. The van der Waals surface area contributed by atoms with Gasteiger partial charge >= 0.3 is 5.97 Å². The van der Waals surface area contributed by atoms with Gasteiger partial charge in [0, 0.05) is 24.0 Å². The fourth-order valence-corrected chi connectivity index (χ4v) is 2.08. The largest absolute Gasteiger partial charge is 0.508 e. The lowest BCUT2D eigenvalue weighted by molar-refractivity contribution is 0.0689. The fourth-order valence-electron chi connectivity index (χ4n) is 2.08. The van der Waals surface area contributed by atoms with Crippen LogP contribution in [0.1, 0.15) is 10.5 Å². The molecular formula is C13H11N3O3. The molecule has 0 aliphatic heterocycles. The SMILES string of the molecule is Cn1nc(C(=O)O)cc1-c1cc2cc(O)ccc2[nH]1. The molecule has 19 heavy (non-hydrogen) atoms. The van der Waals surface area contributed by atoms with Gasteiger partial charge in [0.15, 0.2) is 5.69 Å². The van der Waals surface area contributed by atoms with Crippen molar-refractivity contribution in [3.8, 4) is 17.1 Å². The van der Waals surface area contributed by atoms with Gasteiger partial charge in [-0.05, 0) is 24.3 Å². The molecule has 0 saturated carbocycles. The van der Waals surface area contributed by atoms with Crippen molar-refractivity contribution >= 4 is 16.9 Å². The number of aromatic amines is 1. The Morgan fingerprint density at radius 2 is 2.11 bits per heavy atom. The first-order chi connectivity index (χ1) is 9.04. The van der Waals surface area contributed by atoms with Crippen LogP contribution in [0.2, 0.25) is 0 Å². The van der Waals surface area contributed by atoms with Crippen LogP contribution in [-0.4, -0.2) is 30.9 Å². The van der Waals surface area contributed by atoms with Crippen LogP contribution in [0.5, 0.6) is 5.75 Å². The Kier molecular flexibility index (Phi) is 2.31. The molecule has 6 heteroatoms. The van der Waals surface area contributed by atoms with E-state index in [0.29, 0.717) is 5.69 Å². The smallest absolute Gasteiger partial charge is 0.356 e. The monoisotopic (exact) mass is 257 g/mol. The maximum absolute atomic E-state index is 10.9. The molecule has 0 atom stereocenters. The number of benzene rings is 1. The van der Waals surface area contributed by atoms with E-state index in [1.165, 1.54) is 10.7 Å². The summed E-state index contributed by atoms with van der Waals surface area (Å²) in [7, 11) is 1.69. The highest BCUT2D eigenvalue weighted by atomic mass is 16.4. The highest BCUT2D eigenvalue weighted by Crippen LogP contribution is 2.26. The zero-order chi connectivity index (χ0) is 13.6. The predicted molar refractivity (Wildman–Crippen MR) is 69.1 cm³/mol. The molecule has 2 aromatic heterocycles. The fraction of sp³-hybridized carbons (Fsp3) is 0.0769. The summed E-state index contributed by atoms with van der Waals surface area (Å²) in [6.45, 7) is 0. The van der Waals surface area contributed by atoms with E-state index >= 15 is 0 Å². The number of aromatic nitrogens is 3. The summed E-state index contributed by atoms with van der Waals surface area (Å²) in [5, 5.41) is 23.1. The lowest BCUT2D eigenvalue weighted by Crippen LogP contribution is -1.99. The summed E-state index contributed by atoms with van der Waals surface area (Å²) in [6, 6.07) is 8.35. The average molecular weight is 257 g/mol. The van der Waals surface area contributed by atoms with Gasteiger partial charge in [0.2, 0.25) is 0 Å². The lowest BCUT2D eigenvalue weighted by atomic mass is 10.2. The first-order valence-electron chi connectivity index (χ1n) is 5.64. The summed E-state index contributed by atoms with van der Waals surface area (Å²) in [5.74, 6) is -0.870. The van der Waals surface area contributed by atoms with Crippen molar-refractivity contribution in [1.29, 1.82) is 0 Å². The third-order valence-electron chi connectivity index (χ3n) is 2.98. The van der Waals surface area contributed by atoms with E-state index in [9.17, 15) is 9.90 Å². The number of carbonyl (C=O) groups is 1. The number of rotatable bonds is 2. The van der Waals surface area contributed by atoms with Crippen LogP contribution in [0.3, 0.4) is 0 Å². The molecule has 0 spiro atoms. The normalized spacial score (nSPS) is 11.0. The molecule has 0 unspecified atom stereocenters. The van der Waals surface area contributed by atoms with Crippen molar-refractivity contribution in [1.82, 2.24) is 14.8 Å². The number of aromatic carboxylic acids is 1. The van der Waals surface area contributed by atoms with E-state index in [-0.39, 0.29) is 11.4 Å². The third kappa shape index (κ3) is 1.83. The first-order valence-corrected chi connectivity index (χ1v) is 5.64. The Bertz CT molecular complexity index is 786. The van der Waals surface area contributed by atoms with Crippen molar-refractivity contribution in [3.05, 3.63) is 36.0 Å². The van der Waals surface area contributed by atoms with Crippen LogP contribution in [0.25, 0.3) is 22.3 Å². The summed E-state index contributed by atoms with van der Waals surface area (Å²) in [5.41, 5.74) is 2.29. The van der Waals surface area contributed by atoms with Gasteiger partial charge in [-0.1, -0.05) is 0 Å². The van der Waals surface area contributed by atoms with Crippen LogP contribution in [-0.2, 0) is 7.05 Å². The first kappa shape index (κ1) is 11.3. The molecule has 2 heterocycles. The minimum Gasteiger partial charge on any atom is -0.508 e. The number of aryl methyl sites for hydroxylation is 1. The number of hydrogen-bond donors (Lipinski definition) is 3. The molecule has 0 aliphatic rings. The third-order valence-corrected chi connectivity index (χ3v) is 2.98. The molecule has 3 aromatic rings. The molecule has 1 aromatic carbocycles. The lowest BCUT2D eigenvalue weighted by Gasteiger charge is -1.96. The average Bonchev–Trinajstić information content (AvgIpc) is 2.91. The number of carboxylic acids is 1. The van der Waals surface area contributed by atoms with Gasteiger partial charge < -0.3 is 15.2 Å². The zero-order valence-corrected chi connectivity index (χ0v) is 10.1. The van der Waals surface area contributed by atoms with Crippen molar-refractivity contribution in [2.24, 2.45) is 7.05 Å². The Hall–Kier alpha value is -2.76. The van der Waals surface area contributed by atoms with E-state index in [0.717, 1.165) is 16.6 Å². The molecular weight excluding hydrogens is 246 g/mol. The highest BCUT2D eigenvalue weighted by molar-refractivity contribution is 5.89. The van der Waals surface area contributed by atoms with Gasteiger partial charge in [-0.3, -0.25) is 4.68 Å². The predicted octanol–water partition coefficient (Wildman–Crippen LogP) is 1.97. The van der Waals surface area contributed by atoms with E-state index in [1.54, 1.807) is 25.2 Å². The number of phenolic OH excluding ortho intramolecular Hbond substituents is 1. The Morgan fingerprint density at radius 3 is 2.79 bits per heavy atom. The number of hydrogen-bond acceptors (Lipinski definition) is 3. The molecule has 0 saturated heterocycles. The number of H-pyrrole nitrogens is 1. The maximum Gasteiger partial charge on any atom is 0.356 e. The van der Waals surface area contributed by atoms with Crippen LogP contribution >= 0.6 is 0 Å². The number of carboxylic acid groups (broad SMARTS) is 1. The van der Waals surface area contributed by atoms with Crippen LogP contribution < -0.4 is 0 Å². The molecule has 3 rings (SSSR count). The Labute approximate surface area is 107 Å². The van der Waals surface area contributed by atoms with Gasteiger partial charge in [-0.15, -0.1) is 0 Å². The molecule has 3 N–H and O–H groups in total. The molecule has 0 radical (unpaired) electrons. The maximum atomic E-state index is 10.9. The van der Waals surface area contributed by atoms with Crippen molar-refractivity contribution in [2.75, 3.05) is 0 Å².